The van der Waals surface area contributed by atoms with Crippen molar-refractivity contribution < 1.29 is 4.39 Å². The van der Waals surface area contributed by atoms with Gasteiger partial charge in [-0.25, -0.2) is 14.4 Å². The predicted octanol–water partition coefficient (Wildman–Crippen LogP) is 4.80. The van der Waals surface area contributed by atoms with Crippen LogP contribution in [0.15, 0.2) is 66.8 Å². The second-order valence-corrected chi connectivity index (χ2v) is 6.62. The van der Waals surface area contributed by atoms with Crippen LogP contribution in [0.4, 0.5) is 10.3 Å². The van der Waals surface area contributed by atoms with Gasteiger partial charge in [0.1, 0.15) is 5.82 Å². The van der Waals surface area contributed by atoms with Crippen LogP contribution < -0.4 is 5.73 Å². The molecule has 0 atom stereocenters. The van der Waals surface area contributed by atoms with Crippen molar-refractivity contribution in [2.45, 2.75) is 5.92 Å². The predicted molar refractivity (Wildman–Crippen MR) is 96.2 cm³/mol. The molecule has 0 amide bonds. The Kier molecular flexibility index (Phi) is 3.70. The van der Waals surface area contributed by atoms with Gasteiger partial charge in [-0.2, -0.15) is 0 Å². The van der Waals surface area contributed by atoms with Crippen molar-refractivity contribution in [1.29, 1.82) is 0 Å². The van der Waals surface area contributed by atoms with Crippen LogP contribution in [0.5, 0.6) is 0 Å². The summed E-state index contributed by atoms with van der Waals surface area (Å²) in [4.78, 5) is 10.9. The molecule has 0 fully saturated rings. The van der Waals surface area contributed by atoms with E-state index in [1.165, 1.54) is 17.0 Å². The van der Waals surface area contributed by atoms with E-state index in [0.29, 0.717) is 11.6 Å². The molecule has 0 spiro atoms. The number of nitrogen functional groups attached to an aromatic ring is 1. The molecule has 0 aliphatic heterocycles. The molecular formula is C19H14FN3S. The smallest absolute Gasteiger partial charge is 0.221 e. The van der Waals surface area contributed by atoms with Crippen LogP contribution in [0.3, 0.4) is 0 Å². The van der Waals surface area contributed by atoms with E-state index in [9.17, 15) is 4.39 Å². The van der Waals surface area contributed by atoms with Gasteiger partial charge in [0.2, 0.25) is 5.95 Å². The fourth-order valence-electron chi connectivity index (χ4n) is 2.65. The molecule has 0 saturated carbocycles. The number of benzene rings is 1. The van der Waals surface area contributed by atoms with E-state index < -0.39 is 0 Å². The van der Waals surface area contributed by atoms with Crippen molar-refractivity contribution in [3.05, 3.63) is 77.5 Å². The van der Waals surface area contributed by atoms with Crippen molar-refractivity contribution >= 4 is 17.3 Å². The first-order valence-electron chi connectivity index (χ1n) is 7.55. The second kappa shape index (κ2) is 6.02. The van der Waals surface area contributed by atoms with Gasteiger partial charge in [0.25, 0.3) is 0 Å². The third-order valence-electron chi connectivity index (χ3n) is 3.84. The molecule has 2 heterocycles. The standard InChI is InChI=1S/C19H14FN3S/c20-14-7-5-12(6-8-14)15-11-16(23-19(21)22-15)18-10-9-17(24-18)13-3-1-2-4-13/h1-11,13H,(H2,21,22,23). The molecule has 118 valence electrons. The van der Waals surface area contributed by atoms with Crippen LogP contribution in [0.25, 0.3) is 21.8 Å². The Morgan fingerprint density at radius 2 is 1.62 bits per heavy atom. The number of rotatable bonds is 3. The zero-order valence-electron chi connectivity index (χ0n) is 12.7. The molecule has 3 aromatic rings. The summed E-state index contributed by atoms with van der Waals surface area (Å²) in [6, 6.07) is 12.3. The van der Waals surface area contributed by atoms with Crippen LogP contribution >= 0.6 is 11.3 Å². The number of hydrogen-bond donors (Lipinski definition) is 1. The van der Waals surface area contributed by atoms with Gasteiger partial charge in [-0.3, -0.25) is 0 Å². The number of allylic oxidation sites excluding steroid dienone is 4. The minimum Gasteiger partial charge on any atom is -0.368 e. The van der Waals surface area contributed by atoms with Gasteiger partial charge in [-0.15, -0.1) is 11.3 Å². The Balaban J connectivity index is 1.72. The summed E-state index contributed by atoms with van der Waals surface area (Å²) in [5.41, 5.74) is 8.16. The minimum absolute atomic E-state index is 0.211. The van der Waals surface area contributed by atoms with Gasteiger partial charge in [0, 0.05) is 16.4 Å². The van der Waals surface area contributed by atoms with Gasteiger partial charge in [0.05, 0.1) is 16.3 Å². The Hall–Kier alpha value is -2.79. The number of hydrogen-bond acceptors (Lipinski definition) is 4. The zero-order valence-corrected chi connectivity index (χ0v) is 13.5. The molecule has 1 aliphatic rings. The van der Waals surface area contributed by atoms with E-state index in [0.717, 1.165) is 16.1 Å². The summed E-state index contributed by atoms with van der Waals surface area (Å²) in [6.07, 6.45) is 8.43. The highest BCUT2D eigenvalue weighted by atomic mass is 32.1. The molecular weight excluding hydrogens is 321 g/mol. The Labute approximate surface area is 143 Å². The Morgan fingerprint density at radius 3 is 2.38 bits per heavy atom. The summed E-state index contributed by atoms with van der Waals surface area (Å²) >= 11 is 1.69. The number of nitrogens with two attached hydrogens (primary N) is 1. The monoisotopic (exact) mass is 335 g/mol. The summed E-state index contributed by atoms with van der Waals surface area (Å²) in [5.74, 6) is 0.267. The number of aromatic nitrogens is 2. The van der Waals surface area contributed by atoms with Crippen LogP contribution in [-0.4, -0.2) is 9.97 Å². The van der Waals surface area contributed by atoms with Gasteiger partial charge < -0.3 is 5.73 Å². The number of anilines is 1. The molecule has 1 aliphatic carbocycles. The third kappa shape index (κ3) is 2.86. The summed E-state index contributed by atoms with van der Waals surface area (Å²) in [6.45, 7) is 0. The average molecular weight is 335 g/mol. The largest absolute Gasteiger partial charge is 0.368 e. The van der Waals surface area contributed by atoms with Crippen molar-refractivity contribution in [2.75, 3.05) is 5.73 Å². The molecule has 24 heavy (non-hydrogen) atoms. The fourth-order valence-corrected chi connectivity index (χ4v) is 3.68. The zero-order chi connectivity index (χ0) is 16.5. The molecule has 2 N–H and O–H groups in total. The molecule has 0 unspecified atom stereocenters. The Morgan fingerprint density at radius 1 is 0.917 bits per heavy atom. The number of halogens is 1. The molecule has 0 radical (unpaired) electrons. The third-order valence-corrected chi connectivity index (χ3v) is 5.05. The van der Waals surface area contributed by atoms with Crippen molar-refractivity contribution in [3.8, 4) is 21.8 Å². The highest BCUT2D eigenvalue weighted by Gasteiger charge is 2.13. The molecule has 5 heteroatoms. The number of thiophene rings is 1. The SMILES string of the molecule is Nc1nc(-c2ccc(F)cc2)cc(-c2ccc(C3C=CC=C3)s2)n1. The van der Waals surface area contributed by atoms with Gasteiger partial charge in [-0.1, -0.05) is 24.3 Å². The van der Waals surface area contributed by atoms with Crippen LogP contribution in [0.2, 0.25) is 0 Å². The molecule has 4 rings (SSSR count). The van der Waals surface area contributed by atoms with Crippen molar-refractivity contribution in [3.63, 3.8) is 0 Å². The normalized spacial score (nSPS) is 13.7. The van der Waals surface area contributed by atoms with Gasteiger partial charge in [0.15, 0.2) is 0 Å². The molecule has 0 bridgehead atoms. The van der Waals surface area contributed by atoms with E-state index >= 15 is 0 Å². The minimum atomic E-state index is -0.276. The fraction of sp³-hybridized carbons (Fsp3) is 0.0526. The van der Waals surface area contributed by atoms with Crippen LogP contribution in [0.1, 0.15) is 10.8 Å². The van der Waals surface area contributed by atoms with Crippen LogP contribution in [-0.2, 0) is 0 Å². The number of nitrogens with zero attached hydrogens (tertiary/aromatic N) is 2. The lowest BCUT2D eigenvalue weighted by Gasteiger charge is -2.05. The van der Waals surface area contributed by atoms with Gasteiger partial charge >= 0.3 is 0 Å². The van der Waals surface area contributed by atoms with Crippen molar-refractivity contribution in [2.24, 2.45) is 0 Å². The van der Waals surface area contributed by atoms with Crippen LogP contribution in [0, 0.1) is 5.82 Å². The molecule has 3 nitrogen and oxygen atoms in total. The first-order chi connectivity index (χ1) is 11.7. The summed E-state index contributed by atoms with van der Waals surface area (Å²) in [5, 5.41) is 0. The average Bonchev–Trinajstić information content (AvgIpc) is 3.26. The van der Waals surface area contributed by atoms with E-state index in [2.05, 4.69) is 46.4 Å². The lowest BCUT2D eigenvalue weighted by molar-refractivity contribution is 0.628. The maximum Gasteiger partial charge on any atom is 0.221 e. The maximum absolute atomic E-state index is 13.1. The summed E-state index contributed by atoms with van der Waals surface area (Å²) < 4.78 is 13.1. The van der Waals surface area contributed by atoms with E-state index in [4.69, 9.17) is 5.73 Å². The van der Waals surface area contributed by atoms with Gasteiger partial charge in [-0.05, 0) is 42.5 Å². The molecule has 0 saturated heterocycles. The Bertz CT molecular complexity index is 930. The van der Waals surface area contributed by atoms with Crippen molar-refractivity contribution in [1.82, 2.24) is 9.97 Å². The second-order valence-electron chi connectivity index (χ2n) is 5.50. The maximum atomic E-state index is 13.1. The highest BCUT2D eigenvalue weighted by molar-refractivity contribution is 7.15. The van der Waals surface area contributed by atoms with E-state index in [-0.39, 0.29) is 11.8 Å². The lowest BCUT2D eigenvalue weighted by atomic mass is 10.1. The highest BCUT2D eigenvalue weighted by Crippen LogP contribution is 2.35. The van der Waals surface area contributed by atoms with E-state index in [1.807, 2.05) is 6.07 Å². The van der Waals surface area contributed by atoms with E-state index in [1.54, 1.807) is 23.5 Å². The molecule has 2 aromatic heterocycles. The topological polar surface area (TPSA) is 51.8 Å². The lowest BCUT2D eigenvalue weighted by Crippen LogP contribution is -1.98. The summed E-state index contributed by atoms with van der Waals surface area (Å²) in [7, 11) is 0. The first kappa shape index (κ1) is 14.8. The quantitative estimate of drug-likeness (QED) is 0.748. The molecule has 1 aromatic carbocycles. The first-order valence-corrected chi connectivity index (χ1v) is 8.36.